The zero-order valence-corrected chi connectivity index (χ0v) is 10.3. The van der Waals surface area contributed by atoms with E-state index in [1.807, 2.05) is 6.07 Å². The minimum atomic E-state index is -0.124. The van der Waals surface area contributed by atoms with E-state index >= 15 is 0 Å². The molecule has 0 saturated carbocycles. The Hall–Kier alpha value is -1.08. The van der Waals surface area contributed by atoms with Gasteiger partial charge in [0.2, 0.25) is 5.91 Å². The number of carbonyl (C=O) groups is 1. The highest BCUT2D eigenvalue weighted by Crippen LogP contribution is 2.26. The number of rotatable bonds is 2. The van der Waals surface area contributed by atoms with E-state index in [0.717, 1.165) is 13.0 Å². The summed E-state index contributed by atoms with van der Waals surface area (Å²) in [5.41, 5.74) is 0.245. The van der Waals surface area contributed by atoms with Crippen molar-refractivity contribution in [3.63, 3.8) is 0 Å². The second-order valence-corrected chi connectivity index (χ2v) is 5.58. The first kappa shape index (κ1) is 13.0. The summed E-state index contributed by atoms with van der Waals surface area (Å²) < 4.78 is 5.40. The largest absolute Gasteiger partial charge is 0.361 e. The summed E-state index contributed by atoms with van der Waals surface area (Å²) in [6.07, 6.45) is 0.981. The van der Waals surface area contributed by atoms with Gasteiger partial charge in [-0.3, -0.25) is 4.79 Å². The molecule has 1 fully saturated rings. The van der Waals surface area contributed by atoms with Crippen molar-refractivity contribution in [2.24, 2.45) is 11.3 Å². The molecular formula is C12H20N2O2. The van der Waals surface area contributed by atoms with Crippen molar-refractivity contribution < 1.29 is 9.53 Å². The molecule has 1 amide bonds. The summed E-state index contributed by atoms with van der Waals surface area (Å²) in [5, 5.41) is 8.48. The Morgan fingerprint density at radius 2 is 2.25 bits per heavy atom. The summed E-state index contributed by atoms with van der Waals surface area (Å²) in [4.78, 5) is 13.2. The molecule has 0 spiro atoms. The van der Waals surface area contributed by atoms with Gasteiger partial charge in [-0.1, -0.05) is 20.8 Å². The Morgan fingerprint density at radius 3 is 2.81 bits per heavy atom. The molecule has 1 aliphatic heterocycles. The molecule has 0 unspecified atom stereocenters. The third-order valence-corrected chi connectivity index (χ3v) is 2.56. The van der Waals surface area contributed by atoms with Gasteiger partial charge in [0.1, 0.15) is 13.2 Å². The van der Waals surface area contributed by atoms with E-state index in [0.29, 0.717) is 19.3 Å². The van der Waals surface area contributed by atoms with Gasteiger partial charge in [-0.2, -0.15) is 5.26 Å². The van der Waals surface area contributed by atoms with Crippen LogP contribution in [0.4, 0.5) is 0 Å². The Morgan fingerprint density at radius 1 is 1.56 bits per heavy atom. The molecule has 1 saturated heterocycles. The average Bonchev–Trinajstić information content (AvgIpc) is 2.16. The van der Waals surface area contributed by atoms with Gasteiger partial charge in [0, 0.05) is 12.5 Å². The number of nitrogens with zero attached hydrogens (tertiary/aromatic N) is 2. The minimum absolute atomic E-state index is 0.0500. The summed E-state index contributed by atoms with van der Waals surface area (Å²) >= 11 is 0. The number of hydrogen-bond acceptors (Lipinski definition) is 3. The highest BCUT2D eigenvalue weighted by molar-refractivity contribution is 5.78. The molecule has 1 atom stereocenters. The molecule has 1 rings (SSSR count). The Kier molecular flexibility index (Phi) is 4.31. The summed E-state index contributed by atoms with van der Waals surface area (Å²) in [6.45, 7) is 8.32. The van der Waals surface area contributed by atoms with Gasteiger partial charge in [0.05, 0.1) is 12.7 Å². The summed E-state index contributed by atoms with van der Waals surface area (Å²) in [5.74, 6) is 0.262. The van der Waals surface area contributed by atoms with Gasteiger partial charge in [-0.15, -0.1) is 0 Å². The van der Waals surface area contributed by atoms with E-state index in [2.05, 4.69) is 20.8 Å². The van der Waals surface area contributed by atoms with Gasteiger partial charge >= 0.3 is 0 Å². The zero-order valence-electron chi connectivity index (χ0n) is 10.3. The highest BCUT2D eigenvalue weighted by atomic mass is 16.5. The van der Waals surface area contributed by atoms with Crippen LogP contribution in [0.25, 0.3) is 0 Å². The van der Waals surface area contributed by atoms with Crippen molar-refractivity contribution in [3.8, 4) is 6.07 Å². The molecular weight excluding hydrogens is 204 g/mol. The summed E-state index contributed by atoms with van der Waals surface area (Å²) in [7, 11) is 0. The molecule has 0 bridgehead atoms. The molecule has 90 valence electrons. The molecule has 0 aromatic carbocycles. The SMILES string of the molecule is CC(C)(C)C[C@@H]1COCN(C(=O)CC#N)C1. The quantitative estimate of drug-likeness (QED) is 0.718. The van der Waals surface area contributed by atoms with Crippen LogP contribution in [0.1, 0.15) is 33.6 Å². The van der Waals surface area contributed by atoms with E-state index in [1.165, 1.54) is 0 Å². The second kappa shape index (κ2) is 5.31. The average molecular weight is 224 g/mol. The van der Waals surface area contributed by atoms with Gasteiger partial charge in [-0.05, 0) is 11.8 Å². The molecule has 0 N–H and O–H groups in total. The molecule has 0 radical (unpaired) electrons. The smallest absolute Gasteiger partial charge is 0.238 e. The Labute approximate surface area is 97.2 Å². The topological polar surface area (TPSA) is 53.3 Å². The van der Waals surface area contributed by atoms with Crippen LogP contribution in [0.2, 0.25) is 0 Å². The number of carbonyl (C=O) groups excluding carboxylic acids is 1. The van der Waals surface area contributed by atoms with E-state index < -0.39 is 0 Å². The zero-order chi connectivity index (χ0) is 12.2. The van der Waals surface area contributed by atoms with Crippen LogP contribution in [0.15, 0.2) is 0 Å². The van der Waals surface area contributed by atoms with Gasteiger partial charge < -0.3 is 9.64 Å². The Balaban J connectivity index is 2.48. The molecule has 0 aromatic rings. The minimum Gasteiger partial charge on any atom is -0.361 e. The maximum absolute atomic E-state index is 11.5. The maximum Gasteiger partial charge on any atom is 0.238 e. The molecule has 4 nitrogen and oxygen atoms in total. The van der Waals surface area contributed by atoms with Gasteiger partial charge in [0.25, 0.3) is 0 Å². The standard InChI is InChI=1S/C12H20N2O2/c1-12(2,3)6-10-7-14(9-16-8-10)11(15)4-5-13/h10H,4,6-9H2,1-3H3/t10-/m0/s1. The summed E-state index contributed by atoms with van der Waals surface area (Å²) in [6, 6.07) is 1.88. The fourth-order valence-corrected chi connectivity index (χ4v) is 2.09. The molecule has 16 heavy (non-hydrogen) atoms. The van der Waals surface area contributed by atoms with Gasteiger partial charge in [0.15, 0.2) is 0 Å². The lowest BCUT2D eigenvalue weighted by atomic mass is 9.84. The molecule has 0 aliphatic carbocycles. The van der Waals surface area contributed by atoms with Crippen molar-refractivity contribution in [1.82, 2.24) is 4.90 Å². The van der Waals surface area contributed by atoms with E-state index in [4.69, 9.17) is 10.00 Å². The van der Waals surface area contributed by atoms with Crippen molar-refractivity contribution in [2.75, 3.05) is 19.9 Å². The molecule has 1 heterocycles. The lowest BCUT2D eigenvalue weighted by Gasteiger charge is -2.35. The lowest BCUT2D eigenvalue weighted by Crippen LogP contribution is -2.43. The predicted octanol–water partition coefficient (Wildman–Crippen LogP) is 1.77. The van der Waals surface area contributed by atoms with Crippen molar-refractivity contribution in [2.45, 2.75) is 33.6 Å². The van der Waals surface area contributed by atoms with Crippen LogP contribution in [-0.4, -0.2) is 30.7 Å². The number of hydrogen-bond donors (Lipinski definition) is 0. The van der Waals surface area contributed by atoms with Crippen LogP contribution < -0.4 is 0 Å². The third kappa shape index (κ3) is 4.19. The van der Waals surface area contributed by atoms with E-state index in [-0.39, 0.29) is 17.7 Å². The van der Waals surface area contributed by atoms with Crippen LogP contribution >= 0.6 is 0 Å². The van der Waals surface area contributed by atoms with Crippen molar-refractivity contribution in [1.29, 1.82) is 5.26 Å². The fraction of sp³-hybridized carbons (Fsp3) is 0.833. The monoisotopic (exact) mass is 224 g/mol. The van der Waals surface area contributed by atoms with Crippen LogP contribution in [0.5, 0.6) is 0 Å². The number of nitriles is 1. The highest BCUT2D eigenvalue weighted by Gasteiger charge is 2.27. The van der Waals surface area contributed by atoms with Crippen molar-refractivity contribution >= 4 is 5.91 Å². The predicted molar refractivity (Wildman–Crippen MR) is 60.3 cm³/mol. The molecule has 4 heteroatoms. The first-order chi connectivity index (χ1) is 7.42. The van der Waals surface area contributed by atoms with Gasteiger partial charge in [-0.25, -0.2) is 0 Å². The molecule has 1 aliphatic rings. The third-order valence-electron chi connectivity index (χ3n) is 2.56. The maximum atomic E-state index is 11.5. The number of amides is 1. The van der Waals surface area contributed by atoms with E-state index in [9.17, 15) is 4.79 Å². The lowest BCUT2D eigenvalue weighted by molar-refractivity contribution is -0.143. The molecule has 0 aromatic heterocycles. The normalized spacial score (nSPS) is 21.6. The van der Waals surface area contributed by atoms with E-state index in [1.54, 1.807) is 4.90 Å². The number of ether oxygens (including phenoxy) is 1. The first-order valence-corrected chi connectivity index (χ1v) is 5.65. The Bertz CT molecular complexity index is 288. The second-order valence-electron chi connectivity index (χ2n) is 5.58. The van der Waals surface area contributed by atoms with Crippen LogP contribution in [0.3, 0.4) is 0 Å². The fourth-order valence-electron chi connectivity index (χ4n) is 2.09. The van der Waals surface area contributed by atoms with Crippen LogP contribution in [0, 0.1) is 22.7 Å². The van der Waals surface area contributed by atoms with Crippen LogP contribution in [-0.2, 0) is 9.53 Å². The van der Waals surface area contributed by atoms with Crippen molar-refractivity contribution in [3.05, 3.63) is 0 Å². The first-order valence-electron chi connectivity index (χ1n) is 5.65.